The van der Waals surface area contributed by atoms with Crippen LogP contribution in [-0.4, -0.2) is 15.0 Å². The van der Waals surface area contributed by atoms with Crippen LogP contribution in [0.5, 0.6) is 23.0 Å². The lowest BCUT2D eigenvalue weighted by Gasteiger charge is -2.22. The van der Waals surface area contributed by atoms with E-state index in [1.165, 1.54) is 0 Å². The first-order chi connectivity index (χ1) is 22.7. The standard InChI is InChI=1S/C39H21N3O4/c1-2-9-22(10-3-1)37-40-38(23-17-18-26-24-11-4-6-14-29(24)43-32(26)19-23)42-39(41-37)27-13-8-16-31-36(27)46-34-20-28-25-12-5-7-15-30(25)44-33(28)21-35(34)45-31/h1-21H. The van der Waals surface area contributed by atoms with Crippen LogP contribution in [0.15, 0.2) is 136 Å². The molecule has 6 aromatic carbocycles. The van der Waals surface area contributed by atoms with E-state index in [0.29, 0.717) is 46.0 Å². The lowest BCUT2D eigenvalue weighted by Crippen LogP contribution is -2.04. The van der Waals surface area contributed by atoms with Crippen molar-refractivity contribution in [3.63, 3.8) is 0 Å². The molecule has 7 nitrogen and oxygen atoms in total. The first kappa shape index (κ1) is 24.9. The average Bonchev–Trinajstić information content (AvgIpc) is 3.67. The topological polar surface area (TPSA) is 83.4 Å². The van der Waals surface area contributed by atoms with Crippen LogP contribution in [0.4, 0.5) is 0 Å². The summed E-state index contributed by atoms with van der Waals surface area (Å²) in [5, 5.41) is 4.07. The smallest absolute Gasteiger partial charge is 0.181 e. The Morgan fingerprint density at radius 2 is 1.00 bits per heavy atom. The summed E-state index contributed by atoms with van der Waals surface area (Å²) in [6.45, 7) is 0. The van der Waals surface area contributed by atoms with E-state index >= 15 is 0 Å². The Morgan fingerprint density at radius 1 is 0.370 bits per heavy atom. The zero-order valence-corrected chi connectivity index (χ0v) is 24.1. The number of hydrogen-bond donors (Lipinski definition) is 0. The molecular formula is C39H21N3O4. The molecule has 1 aliphatic rings. The number of rotatable bonds is 3. The summed E-state index contributed by atoms with van der Waals surface area (Å²) in [6, 6.07) is 41.5. The number of benzene rings is 6. The highest BCUT2D eigenvalue weighted by molar-refractivity contribution is 6.07. The van der Waals surface area contributed by atoms with Crippen molar-refractivity contribution in [2.45, 2.75) is 0 Å². The molecule has 0 amide bonds. The van der Waals surface area contributed by atoms with Crippen molar-refractivity contribution in [3.05, 3.63) is 127 Å². The van der Waals surface area contributed by atoms with Crippen LogP contribution in [0.25, 0.3) is 78.0 Å². The molecule has 0 fully saturated rings. The average molecular weight is 596 g/mol. The Labute approximate surface area is 261 Å². The number of hydrogen-bond acceptors (Lipinski definition) is 7. The number of para-hydroxylation sites is 3. The summed E-state index contributed by atoms with van der Waals surface area (Å²) in [6.07, 6.45) is 0. The van der Waals surface area contributed by atoms with Crippen LogP contribution >= 0.6 is 0 Å². The minimum atomic E-state index is 0.465. The van der Waals surface area contributed by atoms with E-state index in [4.69, 9.17) is 33.3 Å². The second-order valence-corrected chi connectivity index (χ2v) is 11.2. The van der Waals surface area contributed by atoms with Crippen LogP contribution < -0.4 is 9.47 Å². The largest absolute Gasteiger partial charge is 0.456 e. The van der Waals surface area contributed by atoms with Gasteiger partial charge in [0.25, 0.3) is 0 Å². The molecular weight excluding hydrogens is 574 g/mol. The molecule has 3 aromatic heterocycles. The van der Waals surface area contributed by atoms with Gasteiger partial charge < -0.3 is 18.3 Å². The zero-order valence-electron chi connectivity index (χ0n) is 24.1. The van der Waals surface area contributed by atoms with E-state index in [1.54, 1.807) is 0 Å². The first-order valence-corrected chi connectivity index (χ1v) is 14.9. The van der Waals surface area contributed by atoms with Crippen molar-refractivity contribution in [2.75, 3.05) is 0 Å². The number of furan rings is 2. The van der Waals surface area contributed by atoms with Crippen LogP contribution in [-0.2, 0) is 0 Å². The summed E-state index contributed by atoms with van der Waals surface area (Å²) in [5.41, 5.74) is 5.53. The van der Waals surface area contributed by atoms with Gasteiger partial charge in [0.15, 0.2) is 40.5 Å². The van der Waals surface area contributed by atoms with Gasteiger partial charge in [-0.3, -0.25) is 0 Å². The van der Waals surface area contributed by atoms with E-state index in [-0.39, 0.29) is 0 Å². The van der Waals surface area contributed by atoms with Crippen LogP contribution in [0.1, 0.15) is 0 Å². The molecule has 10 rings (SSSR count). The molecule has 0 spiro atoms. The molecule has 216 valence electrons. The first-order valence-electron chi connectivity index (χ1n) is 14.9. The minimum absolute atomic E-state index is 0.465. The predicted octanol–water partition coefficient (Wildman–Crippen LogP) is 10.6. The summed E-state index contributed by atoms with van der Waals surface area (Å²) in [5.74, 6) is 3.80. The van der Waals surface area contributed by atoms with E-state index in [9.17, 15) is 0 Å². The molecule has 7 heteroatoms. The molecule has 9 aromatic rings. The highest BCUT2D eigenvalue weighted by atomic mass is 16.6. The normalized spacial score (nSPS) is 12.3. The summed E-state index contributed by atoms with van der Waals surface area (Å²) >= 11 is 0. The van der Waals surface area contributed by atoms with Gasteiger partial charge in [0, 0.05) is 38.7 Å². The molecule has 1 aliphatic heterocycles. The molecule has 0 N–H and O–H groups in total. The van der Waals surface area contributed by atoms with Gasteiger partial charge in [-0.1, -0.05) is 78.9 Å². The SMILES string of the molecule is c1ccc(-c2nc(-c3ccc4c(c3)oc3ccccc34)nc(-c3cccc4c3Oc3cc5c(cc3O4)oc3ccccc35)n2)cc1. The van der Waals surface area contributed by atoms with Gasteiger partial charge in [-0.25, -0.2) is 15.0 Å². The molecule has 0 unspecified atom stereocenters. The van der Waals surface area contributed by atoms with Crippen molar-refractivity contribution < 1.29 is 18.3 Å². The van der Waals surface area contributed by atoms with Gasteiger partial charge in [-0.2, -0.15) is 0 Å². The molecule has 0 bridgehead atoms. The zero-order chi connectivity index (χ0) is 30.2. The molecule has 0 aliphatic carbocycles. The lowest BCUT2D eigenvalue weighted by atomic mass is 10.1. The molecule has 0 saturated heterocycles. The Balaban J connectivity index is 1.14. The van der Waals surface area contributed by atoms with Gasteiger partial charge in [0.1, 0.15) is 22.3 Å². The molecule has 4 heterocycles. The number of nitrogens with zero attached hydrogens (tertiary/aromatic N) is 3. The Morgan fingerprint density at radius 3 is 1.80 bits per heavy atom. The van der Waals surface area contributed by atoms with Crippen LogP contribution in [0.2, 0.25) is 0 Å². The van der Waals surface area contributed by atoms with Crippen LogP contribution in [0.3, 0.4) is 0 Å². The predicted molar refractivity (Wildman–Crippen MR) is 177 cm³/mol. The van der Waals surface area contributed by atoms with E-state index in [2.05, 4.69) is 12.1 Å². The van der Waals surface area contributed by atoms with Crippen molar-refractivity contribution in [3.8, 4) is 57.2 Å². The van der Waals surface area contributed by atoms with Gasteiger partial charge >= 0.3 is 0 Å². The van der Waals surface area contributed by atoms with Crippen molar-refractivity contribution in [2.24, 2.45) is 0 Å². The fourth-order valence-corrected chi connectivity index (χ4v) is 6.21. The maximum atomic E-state index is 6.59. The Bertz CT molecular complexity index is 2660. The second-order valence-electron chi connectivity index (χ2n) is 11.2. The lowest BCUT2D eigenvalue weighted by molar-refractivity contribution is 0.361. The fraction of sp³-hybridized carbons (Fsp3) is 0. The van der Waals surface area contributed by atoms with E-state index in [0.717, 1.165) is 55.0 Å². The third kappa shape index (κ3) is 3.82. The number of fused-ring (bicyclic) bond motifs is 8. The third-order valence-corrected chi connectivity index (χ3v) is 8.40. The summed E-state index contributed by atoms with van der Waals surface area (Å²) in [4.78, 5) is 14.9. The van der Waals surface area contributed by atoms with Gasteiger partial charge in [0.2, 0.25) is 0 Å². The summed E-state index contributed by atoms with van der Waals surface area (Å²) in [7, 11) is 0. The highest BCUT2D eigenvalue weighted by Crippen LogP contribution is 2.51. The molecule has 0 atom stereocenters. The molecule has 0 radical (unpaired) electrons. The molecule has 0 saturated carbocycles. The van der Waals surface area contributed by atoms with E-state index < -0.39 is 0 Å². The fourth-order valence-electron chi connectivity index (χ4n) is 6.21. The van der Waals surface area contributed by atoms with Gasteiger partial charge in [-0.15, -0.1) is 0 Å². The Hall–Kier alpha value is -6.47. The third-order valence-electron chi connectivity index (χ3n) is 8.40. The van der Waals surface area contributed by atoms with Gasteiger partial charge in [-0.05, 0) is 42.5 Å². The second kappa shape index (κ2) is 9.51. The van der Waals surface area contributed by atoms with Crippen molar-refractivity contribution in [1.29, 1.82) is 0 Å². The Kier molecular flexibility index (Phi) is 5.15. The quantitative estimate of drug-likeness (QED) is 0.201. The van der Waals surface area contributed by atoms with Gasteiger partial charge in [0.05, 0.1) is 5.56 Å². The van der Waals surface area contributed by atoms with E-state index in [1.807, 2.05) is 115 Å². The van der Waals surface area contributed by atoms with Crippen LogP contribution in [0, 0.1) is 0 Å². The monoisotopic (exact) mass is 595 g/mol. The van der Waals surface area contributed by atoms with Crippen molar-refractivity contribution >= 4 is 43.9 Å². The van der Waals surface area contributed by atoms with Crippen molar-refractivity contribution in [1.82, 2.24) is 15.0 Å². The molecule has 46 heavy (non-hydrogen) atoms. The number of aromatic nitrogens is 3. The maximum absolute atomic E-state index is 6.59. The summed E-state index contributed by atoms with van der Waals surface area (Å²) < 4.78 is 25.2. The maximum Gasteiger partial charge on any atom is 0.181 e. The minimum Gasteiger partial charge on any atom is -0.456 e. The number of ether oxygens (including phenoxy) is 2. The highest BCUT2D eigenvalue weighted by Gasteiger charge is 2.26.